The molecule has 1 atom stereocenters. The molecule has 0 bridgehead atoms. The van der Waals surface area contributed by atoms with Crippen molar-refractivity contribution in [3.8, 4) is 0 Å². The lowest BCUT2D eigenvalue weighted by Crippen LogP contribution is -2.38. The summed E-state index contributed by atoms with van der Waals surface area (Å²) in [6.45, 7) is 9.21. The Kier molecular flexibility index (Phi) is 6.52. The number of carbonyl (C=O) groups excluding carboxylic acids is 1. The van der Waals surface area contributed by atoms with Crippen LogP contribution in [-0.2, 0) is 6.42 Å². The molecule has 1 amide bonds. The van der Waals surface area contributed by atoms with Crippen molar-refractivity contribution >= 4 is 5.91 Å². The molecule has 0 aromatic heterocycles. The molecule has 4 rings (SSSR count). The third-order valence-electron chi connectivity index (χ3n) is 7.01. The van der Waals surface area contributed by atoms with E-state index >= 15 is 0 Å². The average molecular weight is 409 g/mol. The molecular weight excluding hydrogens is 375 g/mol. The average Bonchev–Trinajstić information content (AvgIpc) is 3.23. The molecule has 0 N–H and O–H groups in total. The fraction of sp³-hybridized carbons (Fsp3) is 0.500. The number of rotatable bonds is 5. The minimum Gasteiger partial charge on any atom is -0.338 e. The normalized spacial score (nSPS) is 20.6. The predicted molar refractivity (Wildman–Crippen MR) is 119 cm³/mol. The Balaban J connectivity index is 1.29. The van der Waals surface area contributed by atoms with Crippen LogP contribution in [0, 0.1) is 18.7 Å². The van der Waals surface area contributed by atoms with Crippen LogP contribution >= 0.6 is 0 Å². The van der Waals surface area contributed by atoms with E-state index < -0.39 is 0 Å². The molecule has 2 aliphatic heterocycles. The highest BCUT2D eigenvalue weighted by Gasteiger charge is 2.30. The van der Waals surface area contributed by atoms with Crippen molar-refractivity contribution in [2.75, 3.05) is 32.7 Å². The molecule has 2 fully saturated rings. The summed E-state index contributed by atoms with van der Waals surface area (Å²) in [5, 5.41) is 0. The monoisotopic (exact) mass is 408 g/mol. The van der Waals surface area contributed by atoms with Gasteiger partial charge in [-0.3, -0.25) is 4.79 Å². The molecule has 3 nitrogen and oxygen atoms in total. The zero-order chi connectivity index (χ0) is 21.1. The fourth-order valence-electron chi connectivity index (χ4n) is 5.26. The Morgan fingerprint density at radius 1 is 1.03 bits per heavy atom. The summed E-state index contributed by atoms with van der Waals surface area (Å²) in [5.41, 5.74) is 4.55. The maximum absolute atomic E-state index is 13.2. The molecule has 2 saturated heterocycles. The lowest BCUT2D eigenvalue weighted by atomic mass is 9.89. The number of piperidine rings is 1. The second kappa shape index (κ2) is 9.30. The summed E-state index contributed by atoms with van der Waals surface area (Å²) >= 11 is 0. The van der Waals surface area contributed by atoms with Gasteiger partial charge in [0.05, 0.1) is 0 Å². The van der Waals surface area contributed by atoms with Crippen LogP contribution in [0.1, 0.15) is 59.2 Å². The summed E-state index contributed by atoms with van der Waals surface area (Å²) in [6, 6.07) is 13.1. The van der Waals surface area contributed by atoms with Gasteiger partial charge in [-0.05, 0) is 92.4 Å². The van der Waals surface area contributed by atoms with Gasteiger partial charge in [0.25, 0.3) is 5.91 Å². The van der Waals surface area contributed by atoms with Gasteiger partial charge in [-0.25, -0.2) is 4.39 Å². The lowest BCUT2D eigenvalue weighted by Gasteiger charge is -2.33. The molecule has 2 aliphatic rings. The van der Waals surface area contributed by atoms with Crippen LogP contribution in [0.4, 0.5) is 4.39 Å². The second-order valence-electron chi connectivity index (χ2n) is 8.99. The first kappa shape index (κ1) is 21.0. The summed E-state index contributed by atoms with van der Waals surface area (Å²) in [5.74, 6) is 1.14. The number of halogens is 1. The SMILES string of the molecule is CCc1c(C)cccc1C(=O)N1CCC(CN2CCC(c3ccc(F)cc3)CC2)C1. The molecule has 0 aliphatic carbocycles. The molecule has 2 aromatic rings. The van der Waals surface area contributed by atoms with Crippen molar-refractivity contribution in [3.63, 3.8) is 0 Å². The second-order valence-corrected chi connectivity index (χ2v) is 8.99. The van der Waals surface area contributed by atoms with E-state index in [-0.39, 0.29) is 11.7 Å². The number of hydrogen-bond donors (Lipinski definition) is 0. The van der Waals surface area contributed by atoms with E-state index in [9.17, 15) is 9.18 Å². The molecule has 160 valence electrons. The quantitative estimate of drug-likeness (QED) is 0.692. The van der Waals surface area contributed by atoms with Crippen LogP contribution in [-0.4, -0.2) is 48.4 Å². The van der Waals surface area contributed by atoms with Crippen LogP contribution in [0.2, 0.25) is 0 Å². The van der Waals surface area contributed by atoms with Gasteiger partial charge in [0, 0.05) is 25.2 Å². The van der Waals surface area contributed by atoms with E-state index in [0.717, 1.165) is 64.0 Å². The molecule has 2 aromatic carbocycles. The largest absolute Gasteiger partial charge is 0.338 e. The Morgan fingerprint density at radius 3 is 2.47 bits per heavy atom. The zero-order valence-electron chi connectivity index (χ0n) is 18.2. The van der Waals surface area contributed by atoms with Gasteiger partial charge in [-0.2, -0.15) is 0 Å². The van der Waals surface area contributed by atoms with Crippen molar-refractivity contribution in [1.29, 1.82) is 0 Å². The number of benzene rings is 2. The van der Waals surface area contributed by atoms with Gasteiger partial charge in [-0.15, -0.1) is 0 Å². The number of carbonyl (C=O) groups is 1. The highest BCUT2D eigenvalue weighted by atomic mass is 19.1. The van der Waals surface area contributed by atoms with Crippen molar-refractivity contribution in [3.05, 3.63) is 70.5 Å². The van der Waals surface area contributed by atoms with E-state index in [1.54, 1.807) is 12.1 Å². The molecule has 1 unspecified atom stereocenters. The van der Waals surface area contributed by atoms with Crippen LogP contribution in [0.3, 0.4) is 0 Å². The summed E-state index contributed by atoms with van der Waals surface area (Å²) < 4.78 is 13.2. The summed E-state index contributed by atoms with van der Waals surface area (Å²) in [6.07, 6.45) is 4.25. The van der Waals surface area contributed by atoms with Gasteiger partial charge in [-0.1, -0.05) is 31.2 Å². The van der Waals surface area contributed by atoms with Crippen LogP contribution in [0.25, 0.3) is 0 Å². The predicted octanol–water partition coefficient (Wildman–Crippen LogP) is 5.04. The van der Waals surface area contributed by atoms with Gasteiger partial charge in [0.2, 0.25) is 0 Å². The van der Waals surface area contributed by atoms with Gasteiger partial charge < -0.3 is 9.80 Å². The van der Waals surface area contributed by atoms with Gasteiger partial charge in [0.15, 0.2) is 0 Å². The first-order valence-electron chi connectivity index (χ1n) is 11.4. The Morgan fingerprint density at radius 2 is 1.77 bits per heavy atom. The first-order chi connectivity index (χ1) is 14.5. The van der Waals surface area contributed by atoms with Gasteiger partial charge >= 0.3 is 0 Å². The van der Waals surface area contributed by atoms with Crippen molar-refractivity contribution in [2.45, 2.75) is 45.4 Å². The number of likely N-dealkylation sites (tertiary alicyclic amines) is 2. The van der Waals surface area contributed by atoms with Crippen LogP contribution < -0.4 is 0 Å². The molecular formula is C26H33FN2O. The maximum atomic E-state index is 13.2. The summed E-state index contributed by atoms with van der Waals surface area (Å²) in [7, 11) is 0. The number of hydrogen-bond acceptors (Lipinski definition) is 2. The smallest absolute Gasteiger partial charge is 0.254 e. The third-order valence-corrected chi connectivity index (χ3v) is 7.01. The zero-order valence-corrected chi connectivity index (χ0v) is 18.2. The molecule has 2 heterocycles. The van der Waals surface area contributed by atoms with E-state index in [1.807, 2.05) is 24.3 Å². The standard InChI is InChI=1S/C26H33FN2O/c1-3-24-19(2)5-4-6-25(24)26(30)29-16-11-20(18-29)17-28-14-12-22(13-15-28)21-7-9-23(27)10-8-21/h4-10,20,22H,3,11-18H2,1-2H3. The highest BCUT2D eigenvalue weighted by molar-refractivity contribution is 5.96. The fourth-order valence-corrected chi connectivity index (χ4v) is 5.26. The minimum atomic E-state index is -0.159. The van der Waals surface area contributed by atoms with E-state index in [1.165, 1.54) is 16.7 Å². The van der Waals surface area contributed by atoms with Gasteiger partial charge in [0.1, 0.15) is 5.82 Å². The molecule has 0 spiro atoms. The van der Waals surface area contributed by atoms with Crippen molar-refractivity contribution < 1.29 is 9.18 Å². The topological polar surface area (TPSA) is 23.6 Å². The number of amides is 1. The van der Waals surface area contributed by atoms with E-state index in [4.69, 9.17) is 0 Å². The van der Waals surface area contributed by atoms with E-state index in [2.05, 4.69) is 29.7 Å². The Bertz CT molecular complexity index is 871. The maximum Gasteiger partial charge on any atom is 0.254 e. The number of aryl methyl sites for hydroxylation is 1. The Labute approximate surface area is 179 Å². The summed E-state index contributed by atoms with van der Waals surface area (Å²) in [4.78, 5) is 17.7. The first-order valence-corrected chi connectivity index (χ1v) is 11.4. The Hall–Kier alpha value is -2.20. The molecule has 30 heavy (non-hydrogen) atoms. The van der Waals surface area contributed by atoms with Crippen LogP contribution in [0.5, 0.6) is 0 Å². The van der Waals surface area contributed by atoms with Crippen molar-refractivity contribution in [1.82, 2.24) is 9.80 Å². The lowest BCUT2D eigenvalue weighted by molar-refractivity contribution is 0.0780. The highest BCUT2D eigenvalue weighted by Crippen LogP contribution is 2.30. The minimum absolute atomic E-state index is 0.159. The molecule has 4 heteroatoms. The third kappa shape index (κ3) is 4.59. The molecule has 0 saturated carbocycles. The van der Waals surface area contributed by atoms with Crippen LogP contribution in [0.15, 0.2) is 42.5 Å². The van der Waals surface area contributed by atoms with E-state index in [0.29, 0.717) is 11.8 Å². The van der Waals surface area contributed by atoms with Crippen molar-refractivity contribution in [2.24, 2.45) is 5.92 Å². The number of nitrogens with zero attached hydrogens (tertiary/aromatic N) is 2. The molecule has 0 radical (unpaired) electrons.